The van der Waals surface area contributed by atoms with Gasteiger partial charge in [-0.15, -0.1) is 0 Å². The van der Waals surface area contributed by atoms with Crippen LogP contribution < -0.4 is 5.32 Å². The van der Waals surface area contributed by atoms with Crippen molar-refractivity contribution in [3.8, 4) is 6.07 Å². The first kappa shape index (κ1) is 9.33. The van der Waals surface area contributed by atoms with E-state index < -0.39 is 6.04 Å². The zero-order chi connectivity index (χ0) is 9.84. The third kappa shape index (κ3) is 2.09. The zero-order valence-electron chi connectivity index (χ0n) is 7.50. The Hall–Kier alpha value is -1.76. The maximum atomic E-state index is 11.4. The number of rotatable bonds is 2. The van der Waals surface area contributed by atoms with Crippen LogP contribution in [0.25, 0.3) is 0 Å². The summed E-state index contributed by atoms with van der Waals surface area (Å²) in [4.78, 5) is 11.4. The molecule has 0 radical (unpaired) electrons. The molecule has 4 nitrogen and oxygen atoms in total. The van der Waals surface area contributed by atoms with Gasteiger partial charge in [-0.25, -0.2) is 0 Å². The van der Waals surface area contributed by atoms with Gasteiger partial charge in [-0.2, -0.15) is 5.26 Å². The first-order valence-corrected chi connectivity index (χ1v) is 3.89. The Morgan fingerprint density at radius 1 is 1.77 bits per heavy atom. The maximum Gasteiger partial charge on any atom is 0.255 e. The number of nitrogens with one attached hydrogen (secondary N) is 1. The molecule has 1 aromatic heterocycles. The van der Waals surface area contributed by atoms with Gasteiger partial charge in [0.05, 0.1) is 17.9 Å². The number of carbonyl (C=O) groups is 1. The summed E-state index contributed by atoms with van der Waals surface area (Å²) in [5, 5.41) is 11.0. The minimum atomic E-state index is -0.484. The standard InChI is InChI=1S/C9H10N2O2/c1-6(5-10)11-9(12)8-3-4-13-7(8)2/h3-4,6H,1-2H3,(H,11,12). The Kier molecular flexibility index (Phi) is 2.70. The third-order valence-electron chi connectivity index (χ3n) is 1.64. The molecule has 0 fully saturated rings. The Bertz CT molecular complexity index is 349. The molecule has 1 amide bonds. The summed E-state index contributed by atoms with van der Waals surface area (Å²) in [5.41, 5.74) is 0.474. The van der Waals surface area contributed by atoms with Crippen LogP contribution in [-0.4, -0.2) is 11.9 Å². The van der Waals surface area contributed by atoms with Crippen molar-refractivity contribution in [2.75, 3.05) is 0 Å². The number of furan rings is 1. The van der Waals surface area contributed by atoms with E-state index in [-0.39, 0.29) is 5.91 Å². The molecule has 0 bridgehead atoms. The highest BCUT2D eigenvalue weighted by Crippen LogP contribution is 2.08. The van der Waals surface area contributed by atoms with Crippen molar-refractivity contribution < 1.29 is 9.21 Å². The van der Waals surface area contributed by atoms with Crippen molar-refractivity contribution in [2.24, 2.45) is 0 Å². The summed E-state index contributed by atoms with van der Waals surface area (Å²) < 4.78 is 4.96. The second kappa shape index (κ2) is 3.76. The van der Waals surface area contributed by atoms with E-state index in [9.17, 15) is 4.79 Å². The van der Waals surface area contributed by atoms with Gasteiger partial charge in [-0.1, -0.05) is 0 Å². The molecule has 0 aliphatic carbocycles. The van der Waals surface area contributed by atoms with Gasteiger partial charge in [0, 0.05) is 0 Å². The van der Waals surface area contributed by atoms with Gasteiger partial charge >= 0.3 is 0 Å². The topological polar surface area (TPSA) is 66.0 Å². The average molecular weight is 178 g/mol. The fraction of sp³-hybridized carbons (Fsp3) is 0.333. The van der Waals surface area contributed by atoms with Crippen molar-refractivity contribution in [3.63, 3.8) is 0 Å². The van der Waals surface area contributed by atoms with Crippen molar-refractivity contribution >= 4 is 5.91 Å². The second-order valence-corrected chi connectivity index (χ2v) is 2.71. The fourth-order valence-corrected chi connectivity index (χ4v) is 0.927. The highest BCUT2D eigenvalue weighted by atomic mass is 16.3. The molecule has 0 aromatic carbocycles. The molecule has 0 spiro atoms. The molecule has 1 N–H and O–H groups in total. The highest BCUT2D eigenvalue weighted by molar-refractivity contribution is 5.95. The number of aryl methyl sites for hydroxylation is 1. The van der Waals surface area contributed by atoms with Crippen molar-refractivity contribution in [1.29, 1.82) is 5.26 Å². The van der Waals surface area contributed by atoms with Gasteiger partial charge in [-0.3, -0.25) is 4.79 Å². The number of carbonyl (C=O) groups excluding carboxylic acids is 1. The third-order valence-corrected chi connectivity index (χ3v) is 1.64. The molecule has 0 aliphatic rings. The van der Waals surface area contributed by atoms with E-state index in [1.54, 1.807) is 19.9 Å². The van der Waals surface area contributed by atoms with Crippen LogP contribution in [0, 0.1) is 18.3 Å². The Morgan fingerprint density at radius 2 is 2.46 bits per heavy atom. The van der Waals surface area contributed by atoms with Gasteiger partial charge in [0.15, 0.2) is 0 Å². The largest absolute Gasteiger partial charge is 0.469 e. The summed E-state index contributed by atoms with van der Waals surface area (Å²) in [6, 6.07) is 3.01. The van der Waals surface area contributed by atoms with E-state index in [0.29, 0.717) is 11.3 Å². The summed E-state index contributed by atoms with van der Waals surface area (Å²) in [7, 11) is 0. The molecule has 0 saturated carbocycles. The monoisotopic (exact) mass is 178 g/mol. The van der Waals surface area contributed by atoms with E-state index in [4.69, 9.17) is 9.68 Å². The van der Waals surface area contributed by atoms with Crippen LogP contribution in [0.1, 0.15) is 23.0 Å². The molecule has 4 heteroatoms. The van der Waals surface area contributed by atoms with Crippen LogP contribution in [0.15, 0.2) is 16.7 Å². The molecule has 68 valence electrons. The number of amides is 1. The van der Waals surface area contributed by atoms with Gasteiger partial charge < -0.3 is 9.73 Å². The van der Waals surface area contributed by atoms with Crippen LogP contribution in [-0.2, 0) is 0 Å². The van der Waals surface area contributed by atoms with E-state index in [2.05, 4.69) is 5.32 Å². The van der Waals surface area contributed by atoms with Crippen LogP contribution in [0.3, 0.4) is 0 Å². The van der Waals surface area contributed by atoms with Crippen LogP contribution in [0.5, 0.6) is 0 Å². The number of hydrogen-bond acceptors (Lipinski definition) is 3. The molecule has 1 heterocycles. The fourth-order valence-electron chi connectivity index (χ4n) is 0.927. The predicted octanol–water partition coefficient (Wildman–Crippen LogP) is 1.23. The van der Waals surface area contributed by atoms with E-state index >= 15 is 0 Å². The Morgan fingerprint density at radius 3 is 2.92 bits per heavy atom. The van der Waals surface area contributed by atoms with Crippen LogP contribution in [0.4, 0.5) is 0 Å². The molecule has 1 rings (SSSR count). The lowest BCUT2D eigenvalue weighted by atomic mass is 10.2. The smallest absolute Gasteiger partial charge is 0.255 e. The minimum Gasteiger partial charge on any atom is -0.469 e. The molecule has 1 atom stereocenters. The predicted molar refractivity (Wildman–Crippen MR) is 46.0 cm³/mol. The van der Waals surface area contributed by atoms with Crippen molar-refractivity contribution in [1.82, 2.24) is 5.32 Å². The Balaban J connectivity index is 2.71. The van der Waals surface area contributed by atoms with Crippen LogP contribution in [0.2, 0.25) is 0 Å². The lowest BCUT2D eigenvalue weighted by molar-refractivity contribution is 0.0946. The first-order valence-electron chi connectivity index (χ1n) is 3.89. The zero-order valence-corrected chi connectivity index (χ0v) is 7.50. The molecular formula is C9H10N2O2. The van der Waals surface area contributed by atoms with Crippen molar-refractivity contribution in [3.05, 3.63) is 23.7 Å². The Labute approximate surface area is 76.2 Å². The normalized spacial score (nSPS) is 11.8. The summed E-state index contributed by atoms with van der Waals surface area (Å²) in [5.74, 6) is 0.280. The lowest BCUT2D eigenvalue weighted by Gasteiger charge is -2.04. The van der Waals surface area contributed by atoms with E-state index in [1.807, 2.05) is 6.07 Å². The van der Waals surface area contributed by atoms with Gasteiger partial charge in [0.25, 0.3) is 5.91 Å². The molecule has 1 aromatic rings. The van der Waals surface area contributed by atoms with E-state index in [1.165, 1.54) is 6.26 Å². The van der Waals surface area contributed by atoms with Crippen LogP contribution >= 0.6 is 0 Å². The van der Waals surface area contributed by atoms with E-state index in [0.717, 1.165) is 0 Å². The maximum absolute atomic E-state index is 11.4. The molecule has 13 heavy (non-hydrogen) atoms. The summed E-state index contributed by atoms with van der Waals surface area (Å²) in [6.07, 6.45) is 1.45. The SMILES string of the molecule is Cc1occc1C(=O)NC(C)C#N. The second-order valence-electron chi connectivity index (χ2n) is 2.71. The van der Waals surface area contributed by atoms with Crippen molar-refractivity contribution in [2.45, 2.75) is 19.9 Å². The van der Waals surface area contributed by atoms with Gasteiger partial charge in [0.2, 0.25) is 0 Å². The highest BCUT2D eigenvalue weighted by Gasteiger charge is 2.12. The average Bonchev–Trinajstić information content (AvgIpc) is 2.51. The number of nitrogens with zero attached hydrogens (tertiary/aromatic N) is 1. The minimum absolute atomic E-state index is 0.277. The van der Waals surface area contributed by atoms with Gasteiger partial charge in [-0.05, 0) is 19.9 Å². The molecule has 0 saturated heterocycles. The lowest BCUT2D eigenvalue weighted by Crippen LogP contribution is -2.31. The molecule has 1 unspecified atom stereocenters. The molecular weight excluding hydrogens is 168 g/mol. The number of hydrogen-bond donors (Lipinski definition) is 1. The number of nitriles is 1. The van der Waals surface area contributed by atoms with Gasteiger partial charge in [0.1, 0.15) is 11.8 Å². The summed E-state index contributed by atoms with van der Waals surface area (Å²) in [6.45, 7) is 3.32. The first-order chi connectivity index (χ1) is 6.15. The quantitative estimate of drug-likeness (QED) is 0.740. The summed E-state index contributed by atoms with van der Waals surface area (Å²) >= 11 is 0. The molecule has 0 aliphatic heterocycles.